The van der Waals surface area contributed by atoms with Gasteiger partial charge in [0.1, 0.15) is 23.6 Å². The number of pyridine rings is 1. The third-order valence-corrected chi connectivity index (χ3v) is 9.86. The molecule has 2 aromatic heterocycles. The maximum Gasteiger partial charge on any atom is 0.319 e. The summed E-state index contributed by atoms with van der Waals surface area (Å²) in [6.45, 7) is 4.41. The first-order valence-electron chi connectivity index (χ1n) is 15.1. The Morgan fingerprint density at radius 2 is 1.76 bits per heavy atom. The van der Waals surface area contributed by atoms with Crippen molar-refractivity contribution in [3.05, 3.63) is 53.4 Å². The normalized spacial score (nSPS) is 22.8. The summed E-state index contributed by atoms with van der Waals surface area (Å²) in [4.78, 5) is 19.1. The number of piperazine rings is 1. The van der Waals surface area contributed by atoms with E-state index in [9.17, 15) is 0 Å². The molecule has 8 nitrogen and oxygen atoms in total. The number of rotatable bonds is 5. The molecule has 3 N–H and O–H groups in total. The van der Waals surface area contributed by atoms with Crippen LogP contribution in [0.25, 0.3) is 32.9 Å². The lowest BCUT2D eigenvalue weighted by atomic mass is 9.95. The van der Waals surface area contributed by atoms with E-state index in [1.165, 1.54) is 19.9 Å². The van der Waals surface area contributed by atoms with Gasteiger partial charge in [0.25, 0.3) is 0 Å². The first-order valence-corrected chi connectivity index (χ1v) is 15.5. The zero-order valence-corrected chi connectivity index (χ0v) is 24.7. The third kappa shape index (κ3) is 4.67. The molecule has 2 bridgehead atoms. The Labute approximate surface area is 250 Å². The van der Waals surface area contributed by atoms with Crippen LogP contribution in [0.1, 0.15) is 38.5 Å². The van der Waals surface area contributed by atoms with Crippen LogP contribution < -0.4 is 20.7 Å². The summed E-state index contributed by atoms with van der Waals surface area (Å²) in [6.07, 6.45) is 8.63. The molecule has 0 spiro atoms. The molecule has 4 aromatic rings. The average molecular weight is 590 g/mol. The summed E-state index contributed by atoms with van der Waals surface area (Å²) >= 11 is 6.60. The second-order valence-corrected chi connectivity index (χ2v) is 12.3. The summed E-state index contributed by atoms with van der Waals surface area (Å²) < 4.78 is 23.0. The van der Waals surface area contributed by atoms with Crippen LogP contribution in [0.5, 0.6) is 6.01 Å². The van der Waals surface area contributed by atoms with Crippen LogP contribution in [0, 0.1) is 5.82 Å². The van der Waals surface area contributed by atoms with Crippen molar-refractivity contribution in [3.8, 4) is 17.3 Å². The number of fused-ring (bicyclic) bond motifs is 5. The summed E-state index contributed by atoms with van der Waals surface area (Å²) in [5.74, 6) is 0.234. The molecule has 8 rings (SSSR count). The number of nitrogens with zero attached hydrogens (tertiary/aromatic N) is 5. The van der Waals surface area contributed by atoms with Crippen molar-refractivity contribution in [1.82, 2.24) is 25.2 Å². The van der Waals surface area contributed by atoms with Crippen LogP contribution in [0.2, 0.25) is 5.02 Å². The number of nitrogens with two attached hydrogens (primary N) is 1. The number of hydrogen-bond acceptors (Lipinski definition) is 8. The van der Waals surface area contributed by atoms with Gasteiger partial charge in [-0.3, -0.25) is 9.88 Å². The van der Waals surface area contributed by atoms with Gasteiger partial charge in [0, 0.05) is 47.3 Å². The topological polar surface area (TPSA) is 92.4 Å². The predicted octanol–water partition coefficient (Wildman–Crippen LogP) is 5.16. The van der Waals surface area contributed by atoms with Crippen LogP contribution in [0.15, 0.2) is 42.6 Å². The zero-order chi connectivity index (χ0) is 28.8. The van der Waals surface area contributed by atoms with Gasteiger partial charge in [-0.2, -0.15) is 9.97 Å². The van der Waals surface area contributed by atoms with E-state index in [-0.39, 0.29) is 22.8 Å². The van der Waals surface area contributed by atoms with E-state index in [4.69, 9.17) is 26.3 Å². The van der Waals surface area contributed by atoms with E-state index in [1.807, 2.05) is 36.4 Å². The SMILES string of the molecule is CN.Fc1c(-c2cccc3cccc(Cl)c23)ncc2c(N3CC4CCC(C3)N4)nc(OCC34CCCN3CCC4)nc12. The van der Waals surface area contributed by atoms with Crippen molar-refractivity contribution >= 4 is 39.1 Å². The van der Waals surface area contributed by atoms with Gasteiger partial charge in [0.15, 0.2) is 5.82 Å². The molecular formula is C32H37ClFN7O. The Hall–Kier alpha value is -3.11. The van der Waals surface area contributed by atoms with E-state index in [2.05, 4.69) is 25.8 Å². The van der Waals surface area contributed by atoms with Crippen LogP contribution in [-0.4, -0.2) is 77.3 Å². The van der Waals surface area contributed by atoms with Gasteiger partial charge in [0.2, 0.25) is 0 Å². The van der Waals surface area contributed by atoms with Crippen molar-refractivity contribution in [2.24, 2.45) is 5.73 Å². The van der Waals surface area contributed by atoms with E-state index in [1.54, 1.807) is 6.20 Å². The van der Waals surface area contributed by atoms with E-state index in [0.29, 0.717) is 40.5 Å². The fourth-order valence-electron chi connectivity index (χ4n) is 7.64. The Bertz CT molecular complexity index is 1610. The number of ether oxygens (including phenoxy) is 1. The summed E-state index contributed by atoms with van der Waals surface area (Å²) in [7, 11) is 1.50. The molecule has 4 fully saturated rings. The molecule has 0 aliphatic carbocycles. The van der Waals surface area contributed by atoms with Crippen LogP contribution in [0.4, 0.5) is 10.2 Å². The highest BCUT2D eigenvalue weighted by molar-refractivity contribution is 6.36. The Morgan fingerprint density at radius 3 is 2.50 bits per heavy atom. The van der Waals surface area contributed by atoms with Gasteiger partial charge in [-0.15, -0.1) is 0 Å². The molecule has 6 heterocycles. The average Bonchev–Trinajstić information content (AvgIpc) is 3.70. The fourth-order valence-corrected chi connectivity index (χ4v) is 7.92. The molecule has 220 valence electrons. The molecule has 4 saturated heterocycles. The molecule has 0 amide bonds. The second-order valence-electron chi connectivity index (χ2n) is 11.9. The van der Waals surface area contributed by atoms with Crippen LogP contribution in [0.3, 0.4) is 0 Å². The first-order chi connectivity index (χ1) is 20.6. The molecule has 0 saturated carbocycles. The Kier molecular flexibility index (Phi) is 7.38. The van der Waals surface area contributed by atoms with Gasteiger partial charge in [-0.1, -0.05) is 41.9 Å². The van der Waals surface area contributed by atoms with Crippen LogP contribution >= 0.6 is 11.6 Å². The molecule has 2 atom stereocenters. The minimum absolute atomic E-state index is 0.0499. The summed E-state index contributed by atoms with van der Waals surface area (Å²) in [5, 5.41) is 6.58. The maximum atomic E-state index is 16.6. The molecule has 0 radical (unpaired) electrons. The highest BCUT2D eigenvalue weighted by Gasteiger charge is 2.45. The van der Waals surface area contributed by atoms with Crippen molar-refractivity contribution in [1.29, 1.82) is 0 Å². The van der Waals surface area contributed by atoms with Gasteiger partial charge in [-0.05, 0) is 70.1 Å². The minimum Gasteiger partial charge on any atom is -0.461 e. The second kappa shape index (κ2) is 11.2. The fraction of sp³-hybridized carbons (Fsp3) is 0.469. The number of aromatic nitrogens is 3. The number of nitrogens with one attached hydrogen (secondary N) is 1. The zero-order valence-electron chi connectivity index (χ0n) is 24.0. The number of hydrogen-bond donors (Lipinski definition) is 2. The monoisotopic (exact) mass is 589 g/mol. The van der Waals surface area contributed by atoms with Gasteiger partial charge < -0.3 is 20.7 Å². The molecule has 42 heavy (non-hydrogen) atoms. The van der Waals surface area contributed by atoms with E-state index < -0.39 is 5.82 Å². The highest BCUT2D eigenvalue weighted by Crippen LogP contribution is 2.40. The number of halogens is 2. The molecule has 2 unspecified atom stereocenters. The van der Waals surface area contributed by atoms with Gasteiger partial charge in [0.05, 0.1) is 10.9 Å². The van der Waals surface area contributed by atoms with Gasteiger partial charge >= 0.3 is 6.01 Å². The lowest BCUT2D eigenvalue weighted by molar-refractivity contribution is 0.108. The lowest BCUT2D eigenvalue weighted by Crippen LogP contribution is -2.51. The van der Waals surface area contributed by atoms with Crippen molar-refractivity contribution in [3.63, 3.8) is 0 Å². The summed E-state index contributed by atoms with van der Waals surface area (Å²) in [6, 6.07) is 12.5. The van der Waals surface area contributed by atoms with E-state index in [0.717, 1.165) is 62.6 Å². The smallest absolute Gasteiger partial charge is 0.319 e. The molecular weight excluding hydrogens is 553 g/mol. The molecule has 4 aliphatic rings. The molecule has 2 aromatic carbocycles. The summed E-state index contributed by atoms with van der Waals surface area (Å²) in [5.41, 5.74) is 5.68. The van der Waals surface area contributed by atoms with Crippen molar-refractivity contribution in [2.75, 3.05) is 44.7 Å². The Balaban J connectivity index is 0.00000141. The number of anilines is 1. The van der Waals surface area contributed by atoms with Gasteiger partial charge in [-0.25, -0.2) is 4.39 Å². The third-order valence-electron chi connectivity index (χ3n) is 9.55. The first kappa shape index (κ1) is 27.7. The number of benzene rings is 2. The van der Waals surface area contributed by atoms with Crippen molar-refractivity contribution in [2.45, 2.75) is 56.1 Å². The predicted molar refractivity (Wildman–Crippen MR) is 166 cm³/mol. The van der Waals surface area contributed by atoms with Crippen molar-refractivity contribution < 1.29 is 9.13 Å². The molecule has 4 aliphatic heterocycles. The quantitative estimate of drug-likeness (QED) is 0.330. The van der Waals surface area contributed by atoms with Crippen LogP contribution in [-0.2, 0) is 0 Å². The molecule has 10 heteroatoms. The Morgan fingerprint density at radius 1 is 1.05 bits per heavy atom. The lowest BCUT2D eigenvalue weighted by Gasteiger charge is -2.34. The standard InChI is InChI=1S/C31H32ClFN6O.CH5N/c32-24-8-2-6-19-5-1-7-22(25(19)24)27-26(33)28-23(15-34-27)29(38-16-20-9-10-21(17-38)35-20)37-30(36-28)40-18-31-11-3-13-39(31)14-4-12-31;1-2/h1-2,5-8,15,20-21,35H,3-4,9-14,16-18H2;2H2,1H3. The minimum atomic E-state index is -0.474. The van der Waals surface area contributed by atoms with E-state index >= 15 is 4.39 Å². The largest absolute Gasteiger partial charge is 0.461 e. The maximum absolute atomic E-state index is 16.6. The highest BCUT2D eigenvalue weighted by atomic mass is 35.5.